The first-order chi connectivity index (χ1) is 19.9. The molecule has 0 aliphatic carbocycles. The van der Waals surface area contributed by atoms with E-state index in [2.05, 4.69) is 15.3 Å². The minimum absolute atomic E-state index is 0.103. The Morgan fingerprint density at radius 1 is 0.857 bits per heavy atom. The molecule has 13 heteroatoms. The summed E-state index contributed by atoms with van der Waals surface area (Å²) in [6.07, 6.45) is -4.55. The Bertz CT molecular complexity index is 2120. The Labute approximate surface area is 245 Å². The van der Waals surface area contributed by atoms with Crippen LogP contribution in [0.4, 0.5) is 18.9 Å². The summed E-state index contributed by atoms with van der Waals surface area (Å²) < 4.78 is 73.9. The van der Waals surface area contributed by atoms with Crippen molar-refractivity contribution in [3.8, 4) is 21.1 Å². The van der Waals surface area contributed by atoms with Crippen molar-refractivity contribution in [1.29, 1.82) is 0 Å². The Hall–Kier alpha value is -4.17. The number of thiazole rings is 2. The van der Waals surface area contributed by atoms with Crippen molar-refractivity contribution in [1.82, 2.24) is 9.97 Å². The standard InChI is InChI=1S/C29H18F3N3O4S3/c1-15-5-11-22-24(25(15)42(37,38)39)41-28(35-22)18-8-12-21-23(14-18)40-27(34-21)16-6-9-20(10-7-16)33-26(36)17-3-2-4-19(13-17)29(30,31)32/h2-14H,1H3,(H,33,36)(H,37,38,39). The molecule has 0 spiro atoms. The number of carbonyl (C=O) groups excluding carboxylic acids is 1. The van der Waals surface area contributed by atoms with Gasteiger partial charge < -0.3 is 5.32 Å². The zero-order chi connectivity index (χ0) is 29.8. The van der Waals surface area contributed by atoms with Crippen LogP contribution in [0.5, 0.6) is 0 Å². The van der Waals surface area contributed by atoms with Crippen molar-refractivity contribution in [3.05, 3.63) is 95.6 Å². The number of aromatic nitrogens is 2. The molecular weight excluding hydrogens is 608 g/mol. The number of amides is 1. The summed E-state index contributed by atoms with van der Waals surface area (Å²) in [7, 11) is -4.42. The number of alkyl halides is 3. The molecule has 2 N–H and O–H groups in total. The molecule has 1 amide bonds. The number of fused-ring (bicyclic) bond motifs is 2. The summed E-state index contributed by atoms with van der Waals surface area (Å²) in [5.41, 5.74) is 2.62. The number of anilines is 1. The van der Waals surface area contributed by atoms with Crippen molar-refractivity contribution in [2.45, 2.75) is 18.0 Å². The zero-order valence-corrected chi connectivity index (χ0v) is 23.9. The fourth-order valence-electron chi connectivity index (χ4n) is 4.43. The molecule has 0 fully saturated rings. The molecule has 2 aromatic heterocycles. The molecule has 0 saturated carbocycles. The fraction of sp³-hybridized carbons (Fsp3) is 0.0690. The van der Waals surface area contributed by atoms with Crippen molar-refractivity contribution in [2.24, 2.45) is 0 Å². The van der Waals surface area contributed by atoms with E-state index >= 15 is 0 Å². The first-order valence-corrected chi connectivity index (χ1v) is 15.3. The molecule has 0 atom stereocenters. The Morgan fingerprint density at radius 2 is 1.52 bits per heavy atom. The van der Waals surface area contributed by atoms with E-state index in [1.165, 1.54) is 34.8 Å². The molecule has 6 rings (SSSR count). The molecule has 7 nitrogen and oxygen atoms in total. The predicted octanol–water partition coefficient (Wildman–Crippen LogP) is 8.07. The van der Waals surface area contributed by atoms with Crippen molar-refractivity contribution >= 4 is 64.8 Å². The van der Waals surface area contributed by atoms with Crippen LogP contribution in [0.25, 0.3) is 41.6 Å². The maximum Gasteiger partial charge on any atom is 0.416 e. The van der Waals surface area contributed by atoms with Crippen LogP contribution in [0.1, 0.15) is 21.5 Å². The first-order valence-electron chi connectivity index (χ1n) is 12.2. The Kier molecular flexibility index (Phi) is 6.84. The third-order valence-corrected chi connectivity index (χ3v) is 9.82. The van der Waals surface area contributed by atoms with Gasteiger partial charge >= 0.3 is 6.18 Å². The van der Waals surface area contributed by atoms with Crippen LogP contribution >= 0.6 is 22.7 Å². The number of nitrogens with zero attached hydrogens (tertiary/aromatic N) is 2. The Morgan fingerprint density at radius 3 is 2.24 bits per heavy atom. The van der Waals surface area contributed by atoms with Gasteiger partial charge in [-0.15, -0.1) is 22.7 Å². The lowest BCUT2D eigenvalue weighted by molar-refractivity contribution is -0.137. The fourth-order valence-corrected chi connectivity index (χ4v) is 7.75. The maximum atomic E-state index is 13.0. The number of benzene rings is 4. The zero-order valence-electron chi connectivity index (χ0n) is 21.4. The van der Waals surface area contributed by atoms with Crippen LogP contribution in [0, 0.1) is 6.92 Å². The minimum atomic E-state index is -4.55. The van der Waals surface area contributed by atoms with Gasteiger partial charge in [-0.1, -0.05) is 12.1 Å². The summed E-state index contributed by atoms with van der Waals surface area (Å²) in [6.45, 7) is 1.61. The number of carbonyl (C=O) groups is 1. The van der Waals surface area contributed by atoms with Crippen LogP contribution < -0.4 is 5.32 Å². The second-order valence-corrected chi connectivity index (χ2v) is 12.8. The molecular formula is C29H18F3N3O4S3. The second kappa shape index (κ2) is 10.3. The Balaban J connectivity index is 1.25. The van der Waals surface area contributed by atoms with Gasteiger partial charge in [0.15, 0.2) is 0 Å². The van der Waals surface area contributed by atoms with Gasteiger partial charge in [-0.3, -0.25) is 9.35 Å². The van der Waals surface area contributed by atoms with Gasteiger partial charge in [0.2, 0.25) is 0 Å². The first kappa shape index (κ1) is 28.0. The molecule has 4 aromatic carbocycles. The van der Waals surface area contributed by atoms with Gasteiger partial charge in [-0.25, -0.2) is 9.97 Å². The van der Waals surface area contributed by atoms with E-state index in [1.807, 2.05) is 18.2 Å². The summed E-state index contributed by atoms with van der Waals surface area (Å²) in [5, 5.41) is 3.92. The summed E-state index contributed by atoms with van der Waals surface area (Å²) in [6, 6.07) is 20.0. The van der Waals surface area contributed by atoms with Crippen LogP contribution in [0.2, 0.25) is 0 Å². The van der Waals surface area contributed by atoms with Crippen molar-refractivity contribution < 1.29 is 30.9 Å². The molecule has 0 bridgehead atoms. The van der Waals surface area contributed by atoms with Crippen LogP contribution in [0.3, 0.4) is 0 Å². The number of rotatable bonds is 5. The van der Waals surface area contributed by atoms with Gasteiger partial charge in [0.1, 0.15) is 14.9 Å². The molecule has 0 aliphatic rings. The number of nitrogens with one attached hydrogen (secondary N) is 1. The average molecular weight is 626 g/mol. The van der Waals surface area contributed by atoms with E-state index in [1.54, 1.807) is 43.3 Å². The smallest absolute Gasteiger partial charge is 0.322 e. The molecule has 0 saturated heterocycles. The maximum absolute atomic E-state index is 13.0. The van der Waals surface area contributed by atoms with Crippen LogP contribution in [-0.2, 0) is 16.3 Å². The van der Waals surface area contributed by atoms with Gasteiger partial charge in [0.05, 0.1) is 26.0 Å². The molecule has 212 valence electrons. The summed E-state index contributed by atoms with van der Waals surface area (Å²) >= 11 is 2.61. The highest BCUT2D eigenvalue weighted by Gasteiger charge is 2.31. The second-order valence-electron chi connectivity index (χ2n) is 9.37. The average Bonchev–Trinajstić information content (AvgIpc) is 3.56. The van der Waals surface area contributed by atoms with E-state index in [0.29, 0.717) is 31.5 Å². The van der Waals surface area contributed by atoms with Gasteiger partial charge in [0.25, 0.3) is 16.0 Å². The number of hydrogen-bond acceptors (Lipinski definition) is 7. The minimum Gasteiger partial charge on any atom is -0.322 e. The SMILES string of the molecule is Cc1ccc2nc(-c3ccc4nc(-c5ccc(NC(=O)c6cccc(C(F)(F)F)c6)cc5)sc4c3)sc2c1S(=O)(=O)O. The number of hydrogen-bond donors (Lipinski definition) is 2. The highest BCUT2D eigenvalue weighted by Crippen LogP contribution is 2.38. The van der Waals surface area contributed by atoms with Gasteiger partial charge in [0, 0.05) is 22.4 Å². The van der Waals surface area contributed by atoms with E-state index in [9.17, 15) is 30.9 Å². The van der Waals surface area contributed by atoms with Gasteiger partial charge in [-0.05, 0) is 79.2 Å². The number of aryl methyl sites for hydroxylation is 1. The lowest BCUT2D eigenvalue weighted by Crippen LogP contribution is -2.13. The van der Waals surface area contributed by atoms with Gasteiger partial charge in [-0.2, -0.15) is 21.6 Å². The highest BCUT2D eigenvalue weighted by molar-refractivity contribution is 7.86. The van der Waals surface area contributed by atoms with E-state index in [4.69, 9.17) is 0 Å². The topological polar surface area (TPSA) is 109 Å². The predicted molar refractivity (Wildman–Crippen MR) is 158 cm³/mol. The van der Waals surface area contributed by atoms with E-state index < -0.39 is 27.8 Å². The quantitative estimate of drug-likeness (QED) is 0.188. The monoisotopic (exact) mass is 625 g/mol. The molecule has 0 radical (unpaired) electrons. The lowest BCUT2D eigenvalue weighted by Gasteiger charge is -2.09. The third-order valence-electron chi connectivity index (χ3n) is 6.44. The lowest BCUT2D eigenvalue weighted by atomic mass is 10.1. The number of halogens is 3. The van der Waals surface area contributed by atoms with Crippen LogP contribution in [-0.4, -0.2) is 28.8 Å². The van der Waals surface area contributed by atoms with Crippen LogP contribution in [0.15, 0.2) is 83.8 Å². The molecule has 0 unspecified atom stereocenters. The largest absolute Gasteiger partial charge is 0.416 e. The van der Waals surface area contributed by atoms with E-state index in [-0.39, 0.29) is 10.5 Å². The van der Waals surface area contributed by atoms with E-state index in [0.717, 1.165) is 33.5 Å². The molecule has 0 aliphatic heterocycles. The summed E-state index contributed by atoms with van der Waals surface area (Å²) in [5.74, 6) is -0.657. The molecule has 2 heterocycles. The van der Waals surface area contributed by atoms with Crippen molar-refractivity contribution in [3.63, 3.8) is 0 Å². The molecule has 42 heavy (non-hydrogen) atoms. The molecule has 6 aromatic rings. The highest BCUT2D eigenvalue weighted by atomic mass is 32.2. The van der Waals surface area contributed by atoms with Crippen molar-refractivity contribution in [2.75, 3.05) is 5.32 Å². The normalized spacial score (nSPS) is 12.2. The third kappa shape index (κ3) is 5.39. The summed E-state index contributed by atoms with van der Waals surface area (Å²) in [4.78, 5) is 21.6.